The van der Waals surface area contributed by atoms with E-state index in [2.05, 4.69) is 55.7 Å². The molecule has 0 saturated carbocycles. The van der Waals surface area contributed by atoms with Gasteiger partial charge in [0.05, 0.1) is 30.3 Å². The van der Waals surface area contributed by atoms with Crippen molar-refractivity contribution >= 4 is 22.9 Å². The molecule has 1 aliphatic heterocycles. The van der Waals surface area contributed by atoms with Crippen LogP contribution in [0.1, 0.15) is 61.1 Å². The molecule has 2 aromatic rings. The summed E-state index contributed by atoms with van der Waals surface area (Å²) < 4.78 is 6.22. The molecule has 164 valence electrons. The van der Waals surface area contributed by atoms with Crippen molar-refractivity contribution < 1.29 is 14.0 Å². The number of ether oxygens (including phenoxy) is 1. The molecule has 1 fully saturated rings. The van der Waals surface area contributed by atoms with Crippen LogP contribution in [0.25, 0.3) is 0 Å². The van der Waals surface area contributed by atoms with Crippen LogP contribution in [0.5, 0.6) is 0 Å². The van der Waals surface area contributed by atoms with Crippen LogP contribution in [0, 0.1) is 6.92 Å². The van der Waals surface area contributed by atoms with E-state index in [1.165, 1.54) is 30.4 Å². The van der Waals surface area contributed by atoms with Gasteiger partial charge in [-0.05, 0) is 49.1 Å². The van der Waals surface area contributed by atoms with E-state index in [9.17, 15) is 4.79 Å². The lowest BCUT2D eigenvalue weighted by atomic mass is 9.97. The molecule has 0 aliphatic carbocycles. The Kier molecular flexibility index (Phi) is 8.09. The normalized spacial score (nSPS) is 16.9. The number of piperidine rings is 1. The summed E-state index contributed by atoms with van der Waals surface area (Å²) >= 11 is 1.66. The highest BCUT2D eigenvalue weighted by atomic mass is 32.1. The van der Waals surface area contributed by atoms with Crippen molar-refractivity contribution in [1.29, 1.82) is 0 Å². The Balaban J connectivity index is 1.87. The minimum Gasteiger partial charge on any atom is -0.379 e. The second-order valence-corrected chi connectivity index (χ2v) is 9.59. The van der Waals surface area contributed by atoms with Crippen LogP contribution in [0.3, 0.4) is 0 Å². The highest BCUT2D eigenvalue weighted by Gasteiger charge is 2.42. The SMILES string of the molecule is CCc1cccc(C[N+]2(C(CC)C(=O)Nc3c(C)csc3COC)CCCCC2)c1. The summed E-state index contributed by atoms with van der Waals surface area (Å²) in [5, 5.41) is 5.40. The van der Waals surface area contributed by atoms with Crippen molar-refractivity contribution in [3.8, 4) is 0 Å². The number of hydrogen-bond acceptors (Lipinski definition) is 3. The van der Waals surface area contributed by atoms with Gasteiger partial charge >= 0.3 is 0 Å². The van der Waals surface area contributed by atoms with Crippen LogP contribution in [0.2, 0.25) is 0 Å². The van der Waals surface area contributed by atoms with E-state index >= 15 is 0 Å². The van der Waals surface area contributed by atoms with Crippen molar-refractivity contribution in [2.75, 3.05) is 25.5 Å². The number of rotatable bonds is 9. The van der Waals surface area contributed by atoms with Crippen LogP contribution in [0.4, 0.5) is 5.69 Å². The van der Waals surface area contributed by atoms with Gasteiger partial charge in [0.1, 0.15) is 6.54 Å². The molecule has 1 unspecified atom stereocenters. The van der Waals surface area contributed by atoms with Crippen LogP contribution < -0.4 is 5.32 Å². The zero-order chi connectivity index (χ0) is 21.6. The third-order valence-corrected chi connectivity index (χ3v) is 7.61. The largest absolute Gasteiger partial charge is 0.379 e. The molecule has 0 radical (unpaired) electrons. The number of nitrogens with one attached hydrogen (secondary N) is 1. The Bertz CT molecular complexity index is 839. The van der Waals surface area contributed by atoms with Gasteiger partial charge in [-0.1, -0.05) is 38.1 Å². The highest BCUT2D eigenvalue weighted by molar-refractivity contribution is 7.10. The van der Waals surface area contributed by atoms with E-state index in [0.29, 0.717) is 6.61 Å². The van der Waals surface area contributed by atoms with Gasteiger partial charge in [0, 0.05) is 19.1 Å². The topological polar surface area (TPSA) is 38.3 Å². The van der Waals surface area contributed by atoms with E-state index in [-0.39, 0.29) is 11.9 Å². The van der Waals surface area contributed by atoms with Crippen molar-refractivity contribution in [2.45, 2.75) is 72.1 Å². The Morgan fingerprint density at radius 2 is 1.93 bits per heavy atom. The zero-order valence-corrected chi connectivity index (χ0v) is 19.8. The van der Waals surface area contributed by atoms with Crippen LogP contribution >= 0.6 is 11.3 Å². The standard InChI is InChI=1S/C25H36N2O2S/c1-5-20-11-10-12-21(15-20)16-27(13-8-7-9-14-27)22(6-2)25(28)26-24-19(3)18-30-23(24)17-29-4/h10-12,15,18,22H,5-9,13-14,16-17H2,1-4H3/p+1. The van der Waals surface area contributed by atoms with Crippen molar-refractivity contribution in [2.24, 2.45) is 0 Å². The summed E-state index contributed by atoms with van der Waals surface area (Å²) in [5.41, 5.74) is 4.80. The van der Waals surface area contributed by atoms with Crippen molar-refractivity contribution in [1.82, 2.24) is 0 Å². The fourth-order valence-electron chi connectivity index (χ4n) is 4.96. The van der Waals surface area contributed by atoms with E-state index in [1.807, 2.05) is 0 Å². The number of likely N-dealkylation sites (tertiary alicyclic amines) is 1. The lowest BCUT2D eigenvalue weighted by molar-refractivity contribution is -0.959. The molecule has 0 bridgehead atoms. The first-order valence-electron chi connectivity index (χ1n) is 11.3. The second-order valence-electron chi connectivity index (χ2n) is 8.62. The Hall–Kier alpha value is -1.69. The predicted octanol–water partition coefficient (Wildman–Crippen LogP) is 5.68. The second kappa shape index (κ2) is 10.6. The first kappa shape index (κ1) is 23.0. The maximum Gasteiger partial charge on any atom is 0.282 e. The maximum atomic E-state index is 13.6. The first-order chi connectivity index (χ1) is 14.5. The molecule has 30 heavy (non-hydrogen) atoms. The average Bonchev–Trinajstić information content (AvgIpc) is 3.09. The molecule has 4 nitrogen and oxygen atoms in total. The summed E-state index contributed by atoms with van der Waals surface area (Å²) in [6.07, 6.45) is 5.56. The lowest BCUT2D eigenvalue weighted by Gasteiger charge is -2.46. The molecule has 2 heterocycles. The zero-order valence-electron chi connectivity index (χ0n) is 19.0. The molecule has 5 heteroatoms. The first-order valence-corrected chi connectivity index (χ1v) is 12.2. The van der Waals surface area contributed by atoms with Gasteiger partial charge in [-0.2, -0.15) is 0 Å². The summed E-state index contributed by atoms with van der Waals surface area (Å²) in [7, 11) is 1.70. The lowest BCUT2D eigenvalue weighted by Crippen LogP contribution is -2.61. The summed E-state index contributed by atoms with van der Waals surface area (Å²) in [4.78, 5) is 14.7. The number of benzene rings is 1. The number of hydrogen-bond donors (Lipinski definition) is 1. The fourth-order valence-corrected chi connectivity index (χ4v) is 5.92. The summed E-state index contributed by atoms with van der Waals surface area (Å²) in [6, 6.07) is 8.90. The minimum atomic E-state index is -0.0368. The van der Waals surface area contributed by atoms with Gasteiger partial charge in [-0.3, -0.25) is 4.79 Å². The van der Waals surface area contributed by atoms with Gasteiger partial charge in [-0.15, -0.1) is 11.3 Å². The van der Waals surface area contributed by atoms with Gasteiger partial charge in [0.2, 0.25) is 0 Å². The number of nitrogens with zero attached hydrogens (tertiary/aromatic N) is 1. The average molecular weight is 430 g/mol. The van der Waals surface area contributed by atoms with Gasteiger partial charge in [0.15, 0.2) is 6.04 Å². The minimum absolute atomic E-state index is 0.0368. The number of amides is 1. The molecule has 1 N–H and O–H groups in total. The van der Waals surface area contributed by atoms with E-state index in [4.69, 9.17) is 4.74 Å². The van der Waals surface area contributed by atoms with Crippen LogP contribution in [0.15, 0.2) is 29.6 Å². The Labute approximate surface area is 185 Å². The molecular formula is C25H37N2O2S+. The van der Waals surface area contributed by atoms with Gasteiger partial charge in [0.25, 0.3) is 5.91 Å². The molecular weight excluding hydrogens is 392 g/mol. The molecule has 1 aromatic heterocycles. The predicted molar refractivity (Wildman–Crippen MR) is 126 cm³/mol. The highest BCUT2D eigenvalue weighted by Crippen LogP contribution is 2.32. The summed E-state index contributed by atoms with van der Waals surface area (Å²) in [5.74, 6) is 0.157. The van der Waals surface area contributed by atoms with Gasteiger partial charge in [-0.25, -0.2) is 0 Å². The van der Waals surface area contributed by atoms with E-state index in [1.54, 1.807) is 18.4 Å². The number of aryl methyl sites for hydroxylation is 2. The third kappa shape index (κ3) is 5.13. The molecule has 1 aromatic carbocycles. The van der Waals surface area contributed by atoms with Crippen LogP contribution in [-0.4, -0.2) is 36.6 Å². The fraction of sp³-hybridized carbons (Fsp3) is 0.560. The Morgan fingerprint density at radius 1 is 1.20 bits per heavy atom. The van der Waals surface area contributed by atoms with Crippen LogP contribution in [-0.2, 0) is 29.1 Å². The molecule has 1 aliphatic rings. The number of thiophene rings is 1. The van der Waals surface area contributed by atoms with Crippen molar-refractivity contribution in [3.63, 3.8) is 0 Å². The molecule has 0 spiro atoms. The van der Waals surface area contributed by atoms with E-state index < -0.39 is 0 Å². The molecule has 1 saturated heterocycles. The smallest absolute Gasteiger partial charge is 0.282 e. The Morgan fingerprint density at radius 3 is 2.60 bits per heavy atom. The van der Waals surface area contributed by atoms with E-state index in [0.717, 1.165) is 53.1 Å². The van der Waals surface area contributed by atoms with Crippen molar-refractivity contribution in [3.05, 3.63) is 51.2 Å². The van der Waals surface area contributed by atoms with Gasteiger partial charge < -0.3 is 14.5 Å². The monoisotopic (exact) mass is 429 g/mol. The quantitative estimate of drug-likeness (QED) is 0.521. The summed E-state index contributed by atoms with van der Waals surface area (Å²) in [6.45, 7) is 10.1. The number of anilines is 1. The molecule has 1 atom stereocenters. The number of quaternary nitrogens is 1. The maximum absolute atomic E-state index is 13.6. The molecule has 1 amide bonds. The molecule has 3 rings (SSSR count). The third-order valence-electron chi connectivity index (χ3n) is 6.53. The number of carbonyl (C=O) groups excluding carboxylic acids is 1. The number of carbonyl (C=O) groups is 1. The number of methoxy groups -OCH3 is 1.